The highest BCUT2D eigenvalue weighted by Gasteiger charge is 2.30. The first-order chi connectivity index (χ1) is 13.6. The summed E-state index contributed by atoms with van der Waals surface area (Å²) < 4.78 is 1.00. The lowest BCUT2D eigenvalue weighted by Gasteiger charge is -2.45. The molecule has 1 saturated heterocycles. The van der Waals surface area contributed by atoms with Crippen LogP contribution < -0.4 is 4.90 Å². The van der Waals surface area contributed by atoms with Gasteiger partial charge in [0.2, 0.25) is 0 Å². The molecule has 0 saturated carbocycles. The van der Waals surface area contributed by atoms with Crippen molar-refractivity contribution in [1.82, 2.24) is 14.9 Å². The Morgan fingerprint density at radius 2 is 1.89 bits per heavy atom. The van der Waals surface area contributed by atoms with E-state index >= 15 is 0 Å². The van der Waals surface area contributed by atoms with E-state index in [1.807, 2.05) is 24.4 Å². The van der Waals surface area contributed by atoms with Gasteiger partial charge < -0.3 is 4.90 Å². The van der Waals surface area contributed by atoms with Gasteiger partial charge in [0.15, 0.2) is 0 Å². The minimum atomic E-state index is 0.386. The van der Waals surface area contributed by atoms with Crippen molar-refractivity contribution in [2.24, 2.45) is 0 Å². The van der Waals surface area contributed by atoms with Crippen molar-refractivity contribution in [1.29, 1.82) is 5.26 Å². The monoisotopic (exact) mass is 435 g/mol. The fourth-order valence-corrected chi connectivity index (χ4v) is 4.31. The number of hydrogen-bond acceptors (Lipinski definition) is 5. The lowest BCUT2D eigenvalue weighted by molar-refractivity contribution is 0.121. The van der Waals surface area contributed by atoms with Crippen LogP contribution in [0.3, 0.4) is 0 Å². The number of benzene rings is 1. The van der Waals surface area contributed by atoms with Crippen LogP contribution in [-0.2, 0) is 6.54 Å². The zero-order valence-corrected chi connectivity index (χ0v) is 17.6. The zero-order chi connectivity index (χ0) is 19.7. The highest BCUT2D eigenvalue weighted by molar-refractivity contribution is 9.10. The lowest BCUT2D eigenvalue weighted by Crippen LogP contribution is -2.56. The molecule has 0 N–H and O–H groups in total. The third kappa shape index (κ3) is 3.60. The molecule has 1 fully saturated rings. The first kappa shape index (κ1) is 18.9. The molecule has 0 aliphatic carbocycles. The SMILES string of the molecule is C[C@@H]1CN(c2ccc(C#N)c3ncccc23)C[C@H](C)N1Cc1ccc(Br)cn1. The molecule has 0 spiro atoms. The normalized spacial score (nSPS) is 20.3. The van der Waals surface area contributed by atoms with Crippen molar-refractivity contribution >= 4 is 32.5 Å². The Morgan fingerprint density at radius 3 is 2.57 bits per heavy atom. The third-order valence-electron chi connectivity index (χ3n) is 5.44. The molecule has 3 aromatic rings. The van der Waals surface area contributed by atoms with Crippen LogP contribution in [0.5, 0.6) is 0 Å². The van der Waals surface area contributed by atoms with E-state index in [0.717, 1.165) is 46.4 Å². The molecule has 28 heavy (non-hydrogen) atoms. The summed E-state index contributed by atoms with van der Waals surface area (Å²) in [5.74, 6) is 0. The predicted octanol–water partition coefficient (Wildman–Crippen LogP) is 4.36. The number of anilines is 1. The second-order valence-corrected chi connectivity index (χ2v) is 8.30. The second-order valence-electron chi connectivity index (χ2n) is 7.39. The Bertz CT molecular complexity index is 1020. The summed E-state index contributed by atoms with van der Waals surface area (Å²) in [4.78, 5) is 13.9. The number of halogens is 1. The average Bonchev–Trinajstić information content (AvgIpc) is 2.71. The number of fused-ring (bicyclic) bond motifs is 1. The smallest absolute Gasteiger partial charge is 0.101 e. The second kappa shape index (κ2) is 7.86. The largest absolute Gasteiger partial charge is 0.368 e. The van der Waals surface area contributed by atoms with Crippen molar-refractivity contribution < 1.29 is 0 Å². The Hall–Kier alpha value is -2.49. The number of aromatic nitrogens is 2. The number of nitriles is 1. The maximum absolute atomic E-state index is 9.39. The van der Waals surface area contributed by atoms with E-state index in [-0.39, 0.29) is 0 Å². The quantitative estimate of drug-likeness (QED) is 0.611. The summed E-state index contributed by atoms with van der Waals surface area (Å²) in [5.41, 5.74) is 3.65. The average molecular weight is 436 g/mol. The van der Waals surface area contributed by atoms with E-state index in [4.69, 9.17) is 0 Å². The van der Waals surface area contributed by atoms with E-state index < -0.39 is 0 Å². The van der Waals surface area contributed by atoms with Crippen LogP contribution in [0.1, 0.15) is 25.1 Å². The van der Waals surface area contributed by atoms with Crippen LogP contribution in [0.25, 0.3) is 10.9 Å². The van der Waals surface area contributed by atoms with Gasteiger partial charge in [-0.2, -0.15) is 5.26 Å². The fourth-order valence-electron chi connectivity index (χ4n) is 4.08. The molecule has 1 aliphatic rings. The third-order valence-corrected chi connectivity index (χ3v) is 5.91. The summed E-state index contributed by atoms with van der Waals surface area (Å²) in [5, 5.41) is 10.4. The molecule has 2 aromatic heterocycles. The lowest BCUT2D eigenvalue weighted by atomic mass is 10.0. The Labute approximate surface area is 173 Å². The van der Waals surface area contributed by atoms with Gasteiger partial charge in [-0.1, -0.05) is 0 Å². The Kier molecular flexibility index (Phi) is 5.29. The number of nitrogens with zero attached hydrogens (tertiary/aromatic N) is 5. The van der Waals surface area contributed by atoms with Crippen molar-refractivity contribution in [2.75, 3.05) is 18.0 Å². The molecule has 0 amide bonds. The number of piperazine rings is 1. The molecule has 6 heteroatoms. The molecule has 3 heterocycles. The molecule has 1 aromatic carbocycles. The van der Waals surface area contributed by atoms with E-state index in [0.29, 0.717) is 17.6 Å². The zero-order valence-electron chi connectivity index (χ0n) is 16.0. The highest BCUT2D eigenvalue weighted by Crippen LogP contribution is 2.31. The van der Waals surface area contributed by atoms with E-state index in [1.54, 1.807) is 6.20 Å². The van der Waals surface area contributed by atoms with E-state index in [9.17, 15) is 5.26 Å². The van der Waals surface area contributed by atoms with Gasteiger partial charge in [0.1, 0.15) is 6.07 Å². The van der Waals surface area contributed by atoms with Crippen molar-refractivity contribution in [2.45, 2.75) is 32.5 Å². The maximum Gasteiger partial charge on any atom is 0.101 e. The molecule has 0 radical (unpaired) electrons. The molecule has 0 bridgehead atoms. The summed E-state index contributed by atoms with van der Waals surface area (Å²) >= 11 is 3.45. The molecular weight excluding hydrogens is 414 g/mol. The van der Waals surface area contributed by atoms with Gasteiger partial charge >= 0.3 is 0 Å². The van der Waals surface area contributed by atoms with Gasteiger partial charge in [-0.15, -0.1) is 0 Å². The van der Waals surface area contributed by atoms with Crippen LogP contribution in [0.15, 0.2) is 53.3 Å². The maximum atomic E-state index is 9.39. The van der Waals surface area contributed by atoms with Gasteiger partial charge in [-0.05, 0) is 66.2 Å². The van der Waals surface area contributed by atoms with Crippen molar-refractivity contribution in [3.8, 4) is 6.07 Å². The van der Waals surface area contributed by atoms with Crippen LogP contribution in [-0.4, -0.2) is 40.0 Å². The summed E-state index contributed by atoms with van der Waals surface area (Å²) in [6, 6.07) is 15.1. The van der Waals surface area contributed by atoms with Gasteiger partial charge in [0.25, 0.3) is 0 Å². The molecule has 4 rings (SSSR count). The van der Waals surface area contributed by atoms with Crippen molar-refractivity contribution in [3.05, 3.63) is 64.5 Å². The van der Waals surface area contributed by atoms with Crippen LogP contribution in [0.4, 0.5) is 5.69 Å². The predicted molar refractivity (Wildman–Crippen MR) is 115 cm³/mol. The molecule has 2 atom stereocenters. The molecule has 5 nitrogen and oxygen atoms in total. The highest BCUT2D eigenvalue weighted by atomic mass is 79.9. The molecular formula is C22H22BrN5. The number of pyridine rings is 2. The first-order valence-electron chi connectivity index (χ1n) is 9.46. The number of hydrogen-bond donors (Lipinski definition) is 0. The Balaban J connectivity index is 1.59. The van der Waals surface area contributed by atoms with E-state index in [1.165, 1.54) is 0 Å². The van der Waals surface area contributed by atoms with Crippen LogP contribution in [0, 0.1) is 11.3 Å². The molecule has 0 unspecified atom stereocenters. The minimum Gasteiger partial charge on any atom is -0.368 e. The van der Waals surface area contributed by atoms with Crippen LogP contribution >= 0.6 is 15.9 Å². The Morgan fingerprint density at radius 1 is 1.11 bits per heavy atom. The minimum absolute atomic E-state index is 0.386. The van der Waals surface area contributed by atoms with E-state index in [2.05, 4.69) is 73.8 Å². The van der Waals surface area contributed by atoms with Gasteiger partial charge in [-0.3, -0.25) is 14.9 Å². The van der Waals surface area contributed by atoms with Gasteiger partial charge in [0.05, 0.1) is 16.8 Å². The molecule has 142 valence electrons. The van der Waals surface area contributed by atoms with Crippen LogP contribution in [0.2, 0.25) is 0 Å². The number of rotatable bonds is 3. The first-order valence-corrected chi connectivity index (χ1v) is 10.2. The van der Waals surface area contributed by atoms with Gasteiger partial charge in [0, 0.05) is 59.7 Å². The summed E-state index contributed by atoms with van der Waals surface area (Å²) in [6.07, 6.45) is 3.61. The summed E-state index contributed by atoms with van der Waals surface area (Å²) in [7, 11) is 0. The summed E-state index contributed by atoms with van der Waals surface area (Å²) in [6.45, 7) is 7.24. The van der Waals surface area contributed by atoms with Gasteiger partial charge in [-0.25, -0.2) is 0 Å². The topological polar surface area (TPSA) is 56.1 Å². The molecule has 1 aliphatic heterocycles. The standard InChI is InChI=1S/C22H22BrN5/c1-15-12-27(13-16(2)28(15)14-19-7-6-18(23)11-26-19)21-8-5-17(10-24)22-20(21)4-3-9-25-22/h3-9,11,15-16H,12-14H2,1-2H3/t15-,16+. The van der Waals surface area contributed by atoms with Crippen molar-refractivity contribution in [3.63, 3.8) is 0 Å². The fraction of sp³-hybridized carbons (Fsp3) is 0.318.